The Balaban J connectivity index is 2.86. The Morgan fingerprint density at radius 3 is 2.64 bits per heavy atom. The molecule has 1 rings (SSSR count). The van der Waals surface area contributed by atoms with E-state index in [2.05, 4.69) is 4.98 Å². The molecule has 0 radical (unpaired) electrons. The Kier molecular flexibility index (Phi) is 2.55. The molecule has 11 heavy (non-hydrogen) atoms. The van der Waals surface area contributed by atoms with E-state index < -0.39 is 0 Å². The molecule has 0 aromatic carbocycles. The maximum absolute atomic E-state index is 11.1. The fraction of sp³-hybridized carbons (Fsp3) is 0.111. The number of nitrogens with zero attached hydrogens (tertiary/aromatic N) is 1. The first kappa shape index (κ1) is 7.66. The van der Waals surface area contributed by atoms with E-state index in [1.54, 1.807) is 30.6 Å². The molecule has 0 amide bonds. The van der Waals surface area contributed by atoms with E-state index in [9.17, 15) is 4.79 Å². The molecule has 0 aliphatic heterocycles. The Hall–Kier alpha value is -1.44. The van der Waals surface area contributed by atoms with Crippen molar-refractivity contribution in [2.75, 3.05) is 0 Å². The molecule has 0 saturated heterocycles. The summed E-state index contributed by atoms with van der Waals surface area (Å²) < 4.78 is 0. The Morgan fingerprint density at radius 2 is 2.09 bits per heavy atom. The van der Waals surface area contributed by atoms with Crippen LogP contribution in [0.1, 0.15) is 17.3 Å². The number of rotatable bonds is 2. The number of pyridine rings is 1. The van der Waals surface area contributed by atoms with E-state index in [1.807, 2.05) is 6.92 Å². The molecule has 0 unspecified atom stereocenters. The molecule has 2 nitrogen and oxygen atoms in total. The number of allylic oxidation sites excluding steroid dienone is 2. The largest absolute Gasteiger partial charge is 0.289 e. The molecule has 0 bridgehead atoms. The lowest BCUT2D eigenvalue weighted by Gasteiger charge is -1.91. The summed E-state index contributed by atoms with van der Waals surface area (Å²) in [6, 6.07) is 3.39. The average Bonchev–Trinajstić information content (AvgIpc) is 2.07. The number of hydrogen-bond donors (Lipinski definition) is 0. The molecular formula is C9H9NO. The van der Waals surface area contributed by atoms with Gasteiger partial charge in [-0.15, -0.1) is 0 Å². The second kappa shape index (κ2) is 3.66. The van der Waals surface area contributed by atoms with E-state index in [1.165, 1.54) is 6.08 Å². The monoisotopic (exact) mass is 147 g/mol. The summed E-state index contributed by atoms with van der Waals surface area (Å²) in [5, 5.41) is 0. The van der Waals surface area contributed by atoms with Crippen LogP contribution in [-0.4, -0.2) is 10.8 Å². The van der Waals surface area contributed by atoms with Gasteiger partial charge in [-0.05, 0) is 25.1 Å². The highest BCUT2D eigenvalue weighted by atomic mass is 16.1. The van der Waals surface area contributed by atoms with Gasteiger partial charge in [0.2, 0.25) is 0 Å². The Morgan fingerprint density at radius 1 is 1.45 bits per heavy atom. The number of hydrogen-bond acceptors (Lipinski definition) is 2. The van der Waals surface area contributed by atoms with Crippen molar-refractivity contribution in [3.05, 3.63) is 42.2 Å². The quantitative estimate of drug-likeness (QED) is 0.472. The minimum absolute atomic E-state index is 0.0231. The Bertz CT molecular complexity index is 264. The minimum atomic E-state index is 0.0231. The lowest BCUT2D eigenvalue weighted by atomic mass is 10.2. The number of carbonyl (C=O) groups excluding carboxylic acids is 1. The fourth-order valence-electron chi connectivity index (χ4n) is 0.764. The molecule has 0 atom stereocenters. The first-order valence-corrected chi connectivity index (χ1v) is 3.41. The smallest absolute Gasteiger partial charge is 0.185 e. The third kappa shape index (κ3) is 2.00. The van der Waals surface area contributed by atoms with Crippen molar-refractivity contribution >= 4 is 5.78 Å². The van der Waals surface area contributed by atoms with Crippen LogP contribution in [0.4, 0.5) is 0 Å². The first-order valence-electron chi connectivity index (χ1n) is 3.41. The molecule has 0 aliphatic carbocycles. The van der Waals surface area contributed by atoms with Gasteiger partial charge < -0.3 is 0 Å². The van der Waals surface area contributed by atoms with Gasteiger partial charge in [-0.3, -0.25) is 9.78 Å². The van der Waals surface area contributed by atoms with E-state index in [0.29, 0.717) is 5.56 Å². The first-order chi connectivity index (χ1) is 5.34. The van der Waals surface area contributed by atoms with Gasteiger partial charge >= 0.3 is 0 Å². The molecule has 0 spiro atoms. The average molecular weight is 147 g/mol. The van der Waals surface area contributed by atoms with Crippen molar-refractivity contribution in [2.24, 2.45) is 0 Å². The van der Waals surface area contributed by atoms with Gasteiger partial charge in [0.25, 0.3) is 0 Å². The summed E-state index contributed by atoms with van der Waals surface area (Å²) >= 11 is 0. The van der Waals surface area contributed by atoms with Crippen LogP contribution in [0.2, 0.25) is 0 Å². The van der Waals surface area contributed by atoms with Crippen molar-refractivity contribution in [3.63, 3.8) is 0 Å². The van der Waals surface area contributed by atoms with Crippen molar-refractivity contribution in [2.45, 2.75) is 6.92 Å². The van der Waals surface area contributed by atoms with E-state index in [4.69, 9.17) is 0 Å². The summed E-state index contributed by atoms with van der Waals surface area (Å²) in [6.07, 6.45) is 6.48. The zero-order chi connectivity index (χ0) is 8.10. The molecule has 0 fully saturated rings. The van der Waals surface area contributed by atoms with Gasteiger partial charge in [0.05, 0.1) is 0 Å². The van der Waals surface area contributed by atoms with E-state index in [-0.39, 0.29) is 5.78 Å². The van der Waals surface area contributed by atoms with Crippen LogP contribution in [0, 0.1) is 0 Å². The highest BCUT2D eigenvalue weighted by Gasteiger charge is 1.97. The summed E-state index contributed by atoms with van der Waals surface area (Å²) in [5.74, 6) is 0.0231. The third-order valence-electron chi connectivity index (χ3n) is 1.28. The topological polar surface area (TPSA) is 30.0 Å². The maximum Gasteiger partial charge on any atom is 0.185 e. The minimum Gasteiger partial charge on any atom is -0.289 e. The number of ketones is 1. The number of aromatic nitrogens is 1. The van der Waals surface area contributed by atoms with Crippen LogP contribution in [0.3, 0.4) is 0 Å². The maximum atomic E-state index is 11.1. The normalized spacial score (nSPS) is 10.3. The SMILES string of the molecule is C/C=C/C(=O)c1ccncc1. The zero-order valence-electron chi connectivity index (χ0n) is 6.32. The van der Waals surface area contributed by atoms with Crippen LogP contribution >= 0.6 is 0 Å². The van der Waals surface area contributed by atoms with Crippen molar-refractivity contribution < 1.29 is 4.79 Å². The summed E-state index contributed by atoms with van der Waals surface area (Å²) in [4.78, 5) is 14.9. The van der Waals surface area contributed by atoms with Gasteiger partial charge in [-0.2, -0.15) is 0 Å². The summed E-state index contributed by atoms with van der Waals surface area (Å²) in [5.41, 5.74) is 0.679. The summed E-state index contributed by atoms with van der Waals surface area (Å²) in [6.45, 7) is 1.82. The van der Waals surface area contributed by atoms with Crippen LogP contribution in [0.15, 0.2) is 36.7 Å². The molecule has 0 aliphatic rings. The molecule has 0 N–H and O–H groups in total. The molecule has 1 aromatic heterocycles. The number of carbonyl (C=O) groups is 1. The zero-order valence-corrected chi connectivity index (χ0v) is 6.32. The molecular weight excluding hydrogens is 138 g/mol. The van der Waals surface area contributed by atoms with Crippen molar-refractivity contribution in [1.82, 2.24) is 4.98 Å². The molecule has 1 aromatic rings. The molecule has 0 saturated carbocycles. The van der Waals surface area contributed by atoms with Crippen molar-refractivity contribution in [1.29, 1.82) is 0 Å². The van der Waals surface area contributed by atoms with Gasteiger partial charge in [-0.25, -0.2) is 0 Å². The standard InChI is InChI=1S/C9H9NO/c1-2-3-9(11)8-4-6-10-7-5-8/h2-7H,1H3/b3-2+. The van der Waals surface area contributed by atoms with Gasteiger partial charge in [0, 0.05) is 18.0 Å². The van der Waals surface area contributed by atoms with E-state index in [0.717, 1.165) is 0 Å². The second-order valence-corrected chi connectivity index (χ2v) is 2.10. The highest BCUT2D eigenvalue weighted by Crippen LogP contribution is 1.98. The summed E-state index contributed by atoms with van der Waals surface area (Å²) in [7, 11) is 0. The van der Waals surface area contributed by atoms with E-state index >= 15 is 0 Å². The van der Waals surface area contributed by atoms with Crippen LogP contribution in [0.25, 0.3) is 0 Å². The predicted molar refractivity (Wildman–Crippen MR) is 43.4 cm³/mol. The lowest BCUT2D eigenvalue weighted by Crippen LogP contribution is -1.92. The van der Waals surface area contributed by atoms with Gasteiger partial charge in [-0.1, -0.05) is 6.08 Å². The lowest BCUT2D eigenvalue weighted by molar-refractivity contribution is 0.104. The predicted octanol–water partition coefficient (Wildman–Crippen LogP) is 1.84. The molecule has 2 heteroatoms. The van der Waals surface area contributed by atoms with Crippen molar-refractivity contribution in [3.8, 4) is 0 Å². The van der Waals surface area contributed by atoms with Crippen LogP contribution in [0.5, 0.6) is 0 Å². The van der Waals surface area contributed by atoms with Gasteiger partial charge in [0.1, 0.15) is 0 Å². The molecule has 1 heterocycles. The Labute approximate surface area is 65.6 Å². The fourth-order valence-corrected chi connectivity index (χ4v) is 0.764. The highest BCUT2D eigenvalue weighted by molar-refractivity contribution is 6.04. The molecule has 56 valence electrons. The van der Waals surface area contributed by atoms with Crippen LogP contribution < -0.4 is 0 Å². The second-order valence-electron chi connectivity index (χ2n) is 2.10. The van der Waals surface area contributed by atoms with Gasteiger partial charge in [0.15, 0.2) is 5.78 Å². The third-order valence-corrected chi connectivity index (χ3v) is 1.28. The van der Waals surface area contributed by atoms with Crippen LogP contribution in [-0.2, 0) is 0 Å².